The van der Waals surface area contributed by atoms with Crippen molar-refractivity contribution in [2.45, 2.75) is 57.9 Å². The van der Waals surface area contributed by atoms with Gasteiger partial charge in [-0.15, -0.1) is 0 Å². The summed E-state index contributed by atoms with van der Waals surface area (Å²) < 4.78 is 5.11. The molecule has 0 radical (unpaired) electrons. The second-order valence-electron chi connectivity index (χ2n) is 7.67. The molecule has 3 rings (SSSR count). The number of rotatable bonds is 4. The third kappa shape index (κ3) is 3.63. The highest BCUT2D eigenvalue weighted by Gasteiger charge is 2.44. The molecule has 1 amide bonds. The molecule has 1 aromatic rings. The summed E-state index contributed by atoms with van der Waals surface area (Å²) in [6.07, 6.45) is 10.2. The summed E-state index contributed by atoms with van der Waals surface area (Å²) in [4.78, 5) is 17.6. The van der Waals surface area contributed by atoms with Gasteiger partial charge in [-0.1, -0.05) is 13.8 Å². The summed E-state index contributed by atoms with van der Waals surface area (Å²) in [6.45, 7) is 8.99. The number of carbonyl (C=O) groups is 1. The number of furan rings is 1. The van der Waals surface area contributed by atoms with E-state index in [2.05, 4.69) is 23.6 Å². The van der Waals surface area contributed by atoms with Crippen LogP contribution < -0.4 is 0 Å². The normalized spacial score (nSPS) is 26.1. The molecule has 2 fully saturated rings. The fourth-order valence-electron chi connectivity index (χ4n) is 4.22. The van der Waals surface area contributed by atoms with E-state index in [-0.39, 0.29) is 11.4 Å². The molecule has 128 valence electrons. The van der Waals surface area contributed by atoms with Gasteiger partial charge in [-0.05, 0) is 63.6 Å². The predicted octanol–water partition coefficient (Wildman–Crippen LogP) is 3.79. The summed E-state index contributed by atoms with van der Waals surface area (Å²) in [7, 11) is 0. The maximum Gasteiger partial charge on any atom is 0.257 e. The lowest BCUT2D eigenvalue weighted by Crippen LogP contribution is -2.47. The molecule has 2 aliphatic rings. The van der Waals surface area contributed by atoms with Crippen molar-refractivity contribution in [3.8, 4) is 0 Å². The first-order valence-corrected chi connectivity index (χ1v) is 9.17. The molecule has 0 aromatic carbocycles. The van der Waals surface area contributed by atoms with Gasteiger partial charge in [-0.25, -0.2) is 0 Å². The smallest absolute Gasteiger partial charge is 0.257 e. The average molecular weight is 318 g/mol. The Morgan fingerprint density at radius 2 is 2.00 bits per heavy atom. The molecular formula is C19H30N2O2. The number of hydrogen-bond acceptors (Lipinski definition) is 3. The third-order valence-electron chi connectivity index (χ3n) is 5.64. The van der Waals surface area contributed by atoms with Crippen molar-refractivity contribution in [1.29, 1.82) is 0 Å². The average Bonchev–Trinajstić information content (AvgIpc) is 3.14. The van der Waals surface area contributed by atoms with Crippen LogP contribution in [0.3, 0.4) is 0 Å². The summed E-state index contributed by atoms with van der Waals surface area (Å²) in [5, 5.41) is 0. The van der Waals surface area contributed by atoms with Crippen LogP contribution in [0.1, 0.15) is 62.7 Å². The van der Waals surface area contributed by atoms with Crippen LogP contribution in [0.2, 0.25) is 0 Å². The number of nitrogens with zero attached hydrogens (tertiary/aromatic N) is 2. The van der Waals surface area contributed by atoms with E-state index >= 15 is 0 Å². The van der Waals surface area contributed by atoms with Gasteiger partial charge in [0.15, 0.2) is 0 Å². The zero-order chi connectivity index (χ0) is 16.3. The summed E-state index contributed by atoms with van der Waals surface area (Å²) in [6, 6.07) is 1.79. The molecule has 0 N–H and O–H groups in total. The van der Waals surface area contributed by atoms with E-state index in [9.17, 15) is 4.79 Å². The number of carbonyl (C=O) groups excluding carboxylic acids is 1. The van der Waals surface area contributed by atoms with Crippen LogP contribution in [-0.4, -0.2) is 47.4 Å². The Morgan fingerprint density at radius 1 is 1.22 bits per heavy atom. The molecule has 2 aliphatic heterocycles. The van der Waals surface area contributed by atoms with Gasteiger partial charge >= 0.3 is 0 Å². The molecule has 1 aromatic heterocycles. The van der Waals surface area contributed by atoms with Crippen molar-refractivity contribution in [2.24, 2.45) is 5.92 Å². The number of likely N-dealkylation sites (tertiary alicyclic amines) is 2. The van der Waals surface area contributed by atoms with Gasteiger partial charge in [0.25, 0.3) is 5.91 Å². The van der Waals surface area contributed by atoms with Crippen molar-refractivity contribution >= 4 is 5.91 Å². The molecule has 0 unspecified atom stereocenters. The second kappa shape index (κ2) is 7.08. The molecule has 4 heteroatoms. The Balaban J connectivity index is 1.67. The van der Waals surface area contributed by atoms with E-state index in [0.29, 0.717) is 5.56 Å². The SMILES string of the molecule is CC(C)CCN1CCC[C@]2(CCCN2C(=O)c2ccoc2)CC1. The van der Waals surface area contributed by atoms with Crippen molar-refractivity contribution in [2.75, 3.05) is 26.2 Å². The zero-order valence-corrected chi connectivity index (χ0v) is 14.6. The van der Waals surface area contributed by atoms with Crippen LogP contribution >= 0.6 is 0 Å². The van der Waals surface area contributed by atoms with Gasteiger partial charge in [0.2, 0.25) is 0 Å². The van der Waals surface area contributed by atoms with Gasteiger partial charge < -0.3 is 14.2 Å². The molecular weight excluding hydrogens is 288 g/mol. The third-order valence-corrected chi connectivity index (χ3v) is 5.64. The summed E-state index contributed by atoms with van der Waals surface area (Å²) >= 11 is 0. The first-order valence-electron chi connectivity index (χ1n) is 9.17. The topological polar surface area (TPSA) is 36.7 Å². The van der Waals surface area contributed by atoms with Gasteiger partial charge in [0, 0.05) is 18.6 Å². The van der Waals surface area contributed by atoms with Crippen LogP contribution in [-0.2, 0) is 0 Å². The van der Waals surface area contributed by atoms with Gasteiger partial charge in [-0.2, -0.15) is 0 Å². The van der Waals surface area contributed by atoms with E-state index in [1.165, 1.54) is 25.9 Å². The first-order chi connectivity index (χ1) is 11.1. The molecule has 23 heavy (non-hydrogen) atoms. The zero-order valence-electron chi connectivity index (χ0n) is 14.6. The van der Waals surface area contributed by atoms with Crippen LogP contribution in [0.4, 0.5) is 0 Å². The van der Waals surface area contributed by atoms with E-state index in [1.54, 1.807) is 18.6 Å². The van der Waals surface area contributed by atoms with Gasteiger partial charge in [0.05, 0.1) is 11.8 Å². The summed E-state index contributed by atoms with van der Waals surface area (Å²) in [5.74, 6) is 0.921. The lowest BCUT2D eigenvalue weighted by molar-refractivity contribution is 0.0557. The quantitative estimate of drug-likeness (QED) is 0.847. The van der Waals surface area contributed by atoms with Crippen molar-refractivity contribution in [3.63, 3.8) is 0 Å². The molecule has 0 aliphatic carbocycles. The number of amides is 1. The van der Waals surface area contributed by atoms with Crippen molar-refractivity contribution < 1.29 is 9.21 Å². The Morgan fingerprint density at radius 3 is 2.70 bits per heavy atom. The van der Waals surface area contributed by atoms with Crippen LogP contribution in [0.15, 0.2) is 23.0 Å². The van der Waals surface area contributed by atoms with E-state index in [1.807, 2.05) is 0 Å². The molecule has 0 bridgehead atoms. The largest absolute Gasteiger partial charge is 0.472 e. The first kappa shape index (κ1) is 16.6. The fraction of sp³-hybridized carbons (Fsp3) is 0.737. The highest BCUT2D eigenvalue weighted by molar-refractivity contribution is 5.94. The second-order valence-corrected chi connectivity index (χ2v) is 7.67. The van der Waals surface area contributed by atoms with Crippen molar-refractivity contribution in [1.82, 2.24) is 9.80 Å². The minimum Gasteiger partial charge on any atom is -0.472 e. The summed E-state index contributed by atoms with van der Waals surface area (Å²) in [5.41, 5.74) is 0.785. The molecule has 0 saturated carbocycles. The van der Waals surface area contributed by atoms with Gasteiger partial charge in [-0.3, -0.25) is 4.79 Å². The Bertz CT molecular complexity index is 511. The predicted molar refractivity (Wildman–Crippen MR) is 91.5 cm³/mol. The molecule has 3 heterocycles. The Hall–Kier alpha value is -1.29. The highest BCUT2D eigenvalue weighted by Crippen LogP contribution is 2.39. The minimum absolute atomic E-state index is 0.0843. The lowest BCUT2D eigenvalue weighted by atomic mass is 9.87. The van der Waals surface area contributed by atoms with Crippen LogP contribution in [0.5, 0.6) is 0 Å². The van der Waals surface area contributed by atoms with E-state index < -0.39 is 0 Å². The molecule has 4 nitrogen and oxygen atoms in total. The lowest BCUT2D eigenvalue weighted by Gasteiger charge is -2.38. The Labute approximate surface area is 139 Å². The van der Waals surface area contributed by atoms with E-state index in [4.69, 9.17) is 4.42 Å². The van der Waals surface area contributed by atoms with E-state index in [0.717, 1.165) is 44.7 Å². The standard InChI is InChI=1S/C19H30N2O2/c1-16(2)5-12-20-10-3-7-19(9-13-20)8-4-11-21(19)18(22)17-6-14-23-15-17/h6,14-16H,3-5,7-13H2,1-2H3/t19-/m0/s1. The maximum absolute atomic E-state index is 12.8. The fourth-order valence-corrected chi connectivity index (χ4v) is 4.22. The van der Waals surface area contributed by atoms with Crippen LogP contribution in [0, 0.1) is 5.92 Å². The monoisotopic (exact) mass is 318 g/mol. The maximum atomic E-state index is 12.8. The van der Waals surface area contributed by atoms with Crippen molar-refractivity contribution in [3.05, 3.63) is 24.2 Å². The highest BCUT2D eigenvalue weighted by atomic mass is 16.3. The molecule has 1 spiro atoms. The Kier molecular flexibility index (Phi) is 5.10. The number of hydrogen-bond donors (Lipinski definition) is 0. The molecule has 2 saturated heterocycles. The van der Waals surface area contributed by atoms with Crippen LogP contribution in [0.25, 0.3) is 0 Å². The van der Waals surface area contributed by atoms with Gasteiger partial charge in [0.1, 0.15) is 6.26 Å². The minimum atomic E-state index is 0.0843. The molecule has 1 atom stereocenters.